The highest BCUT2D eigenvalue weighted by atomic mass is 127. The summed E-state index contributed by atoms with van der Waals surface area (Å²) in [5, 5.41) is 10.7. The molecule has 0 spiro atoms. The van der Waals surface area contributed by atoms with Crippen molar-refractivity contribution in [1.29, 1.82) is 0 Å². The van der Waals surface area contributed by atoms with Crippen molar-refractivity contribution in [2.45, 2.75) is 26.1 Å². The first-order valence-electron chi connectivity index (χ1n) is 6.37. The van der Waals surface area contributed by atoms with E-state index in [1.54, 1.807) is 0 Å². The van der Waals surface area contributed by atoms with E-state index < -0.39 is 6.10 Å². The van der Waals surface area contributed by atoms with Crippen LogP contribution in [0.15, 0.2) is 46.9 Å². The summed E-state index contributed by atoms with van der Waals surface area (Å²) >= 11 is 5.74. The fourth-order valence-corrected chi connectivity index (χ4v) is 2.94. The Morgan fingerprint density at radius 3 is 2.50 bits per heavy atom. The number of rotatable bonds is 4. The third kappa shape index (κ3) is 3.74. The molecule has 2 nitrogen and oxygen atoms in total. The Morgan fingerprint density at radius 1 is 1.10 bits per heavy atom. The first-order valence-corrected chi connectivity index (χ1v) is 8.25. The van der Waals surface area contributed by atoms with Gasteiger partial charge in [-0.25, -0.2) is 0 Å². The lowest BCUT2D eigenvalue weighted by atomic mass is 10.0. The van der Waals surface area contributed by atoms with Crippen LogP contribution in [0.2, 0.25) is 0 Å². The van der Waals surface area contributed by atoms with E-state index in [-0.39, 0.29) is 6.10 Å². The van der Waals surface area contributed by atoms with E-state index in [9.17, 15) is 5.11 Å². The number of aliphatic hydroxyl groups is 1. The van der Waals surface area contributed by atoms with Gasteiger partial charge >= 0.3 is 0 Å². The molecule has 0 bridgehead atoms. The second-order valence-electron chi connectivity index (χ2n) is 4.77. The minimum absolute atomic E-state index is 0.0719. The first kappa shape index (κ1) is 15.8. The summed E-state index contributed by atoms with van der Waals surface area (Å²) in [6.07, 6.45) is -0.642. The normalized spacial score (nSPS) is 12.5. The van der Waals surface area contributed by atoms with E-state index >= 15 is 0 Å². The van der Waals surface area contributed by atoms with Crippen molar-refractivity contribution < 1.29 is 9.84 Å². The molecule has 1 unspecified atom stereocenters. The van der Waals surface area contributed by atoms with Gasteiger partial charge in [0.2, 0.25) is 0 Å². The number of benzene rings is 2. The van der Waals surface area contributed by atoms with Crippen LogP contribution in [0.5, 0.6) is 5.75 Å². The molecule has 0 amide bonds. The van der Waals surface area contributed by atoms with Crippen molar-refractivity contribution in [3.63, 3.8) is 0 Å². The molecule has 0 heterocycles. The van der Waals surface area contributed by atoms with Crippen LogP contribution in [-0.2, 0) is 0 Å². The lowest BCUT2D eigenvalue weighted by molar-refractivity contribution is 0.197. The van der Waals surface area contributed by atoms with Crippen molar-refractivity contribution in [2.24, 2.45) is 0 Å². The first-order chi connectivity index (χ1) is 9.49. The van der Waals surface area contributed by atoms with E-state index in [0.29, 0.717) is 0 Å². The molecular weight excluding hydrogens is 431 g/mol. The Hall–Kier alpha value is -0.590. The predicted molar refractivity (Wildman–Crippen MR) is 93.1 cm³/mol. The minimum Gasteiger partial charge on any atom is -0.491 e. The van der Waals surface area contributed by atoms with Gasteiger partial charge in [-0.1, -0.05) is 34.1 Å². The van der Waals surface area contributed by atoms with E-state index in [0.717, 1.165) is 24.9 Å². The van der Waals surface area contributed by atoms with Crippen LogP contribution in [0, 0.1) is 3.57 Å². The van der Waals surface area contributed by atoms with Crippen LogP contribution in [0.25, 0.3) is 0 Å². The maximum Gasteiger partial charge on any atom is 0.125 e. The highest BCUT2D eigenvalue weighted by molar-refractivity contribution is 14.1. The molecule has 2 rings (SSSR count). The zero-order valence-corrected chi connectivity index (χ0v) is 15.1. The van der Waals surface area contributed by atoms with Gasteiger partial charge in [-0.05, 0) is 60.7 Å². The van der Waals surface area contributed by atoms with Gasteiger partial charge in [0.05, 0.1) is 6.10 Å². The number of hydrogen-bond acceptors (Lipinski definition) is 2. The third-order valence-electron chi connectivity index (χ3n) is 2.83. The van der Waals surface area contributed by atoms with Gasteiger partial charge in [-0.15, -0.1) is 0 Å². The molecule has 1 atom stereocenters. The highest BCUT2D eigenvalue weighted by Crippen LogP contribution is 2.34. The number of hydrogen-bond donors (Lipinski definition) is 1. The van der Waals surface area contributed by atoms with Crippen LogP contribution >= 0.6 is 38.5 Å². The van der Waals surface area contributed by atoms with Crippen LogP contribution in [-0.4, -0.2) is 11.2 Å². The van der Waals surface area contributed by atoms with Gasteiger partial charge in [0.25, 0.3) is 0 Å². The van der Waals surface area contributed by atoms with Gasteiger partial charge < -0.3 is 9.84 Å². The Balaban J connectivity index is 2.42. The molecule has 106 valence electrons. The minimum atomic E-state index is -0.714. The molecule has 20 heavy (non-hydrogen) atoms. The molecule has 2 aromatic rings. The van der Waals surface area contributed by atoms with Crippen molar-refractivity contribution in [3.8, 4) is 5.75 Å². The fourth-order valence-electron chi connectivity index (χ4n) is 1.96. The van der Waals surface area contributed by atoms with E-state index in [1.807, 2.05) is 56.3 Å². The van der Waals surface area contributed by atoms with Crippen LogP contribution in [0.1, 0.15) is 31.1 Å². The van der Waals surface area contributed by atoms with Crippen molar-refractivity contribution in [3.05, 3.63) is 61.6 Å². The summed E-state index contributed by atoms with van der Waals surface area (Å²) < 4.78 is 7.76. The monoisotopic (exact) mass is 446 g/mol. The quantitative estimate of drug-likeness (QED) is 0.675. The molecule has 0 aliphatic rings. The third-order valence-corrected chi connectivity index (χ3v) is 4.22. The Morgan fingerprint density at radius 2 is 1.80 bits per heavy atom. The molecule has 0 saturated heterocycles. The van der Waals surface area contributed by atoms with Gasteiger partial charge in [-0.3, -0.25) is 0 Å². The van der Waals surface area contributed by atoms with E-state index in [1.165, 1.54) is 0 Å². The number of aliphatic hydroxyl groups excluding tert-OH is 1. The van der Waals surface area contributed by atoms with E-state index in [2.05, 4.69) is 38.5 Å². The van der Waals surface area contributed by atoms with Crippen LogP contribution < -0.4 is 4.74 Å². The largest absolute Gasteiger partial charge is 0.491 e. The topological polar surface area (TPSA) is 29.5 Å². The molecule has 0 radical (unpaired) electrons. The average Bonchev–Trinajstić information content (AvgIpc) is 2.41. The highest BCUT2D eigenvalue weighted by Gasteiger charge is 2.18. The molecule has 1 N–H and O–H groups in total. The predicted octanol–water partition coefficient (Wildman–Crippen LogP) is 4.92. The zero-order valence-electron chi connectivity index (χ0n) is 11.3. The Bertz CT molecular complexity index is 599. The van der Waals surface area contributed by atoms with Gasteiger partial charge in [0, 0.05) is 19.2 Å². The summed E-state index contributed by atoms with van der Waals surface area (Å²) in [6.45, 7) is 3.95. The second kappa shape index (κ2) is 6.91. The Labute approximate surface area is 141 Å². The smallest absolute Gasteiger partial charge is 0.125 e. The molecule has 0 fully saturated rings. The molecule has 0 saturated carbocycles. The number of para-hydroxylation sites is 1. The maximum absolute atomic E-state index is 10.7. The lowest BCUT2D eigenvalue weighted by Gasteiger charge is -2.19. The molecule has 4 heteroatoms. The van der Waals surface area contributed by atoms with Gasteiger partial charge in [-0.2, -0.15) is 0 Å². The Kier molecular flexibility index (Phi) is 5.46. The summed E-state index contributed by atoms with van der Waals surface area (Å²) in [4.78, 5) is 0. The number of halogens is 2. The van der Waals surface area contributed by atoms with Gasteiger partial charge in [0.1, 0.15) is 11.9 Å². The zero-order chi connectivity index (χ0) is 14.7. The molecule has 2 aromatic carbocycles. The summed E-state index contributed by atoms with van der Waals surface area (Å²) in [5.41, 5.74) is 1.63. The van der Waals surface area contributed by atoms with Gasteiger partial charge in [0.15, 0.2) is 0 Å². The second-order valence-corrected chi connectivity index (χ2v) is 6.87. The maximum atomic E-state index is 10.7. The molecule has 0 aromatic heterocycles. The summed E-state index contributed by atoms with van der Waals surface area (Å²) in [7, 11) is 0. The van der Waals surface area contributed by atoms with Crippen molar-refractivity contribution in [2.75, 3.05) is 0 Å². The van der Waals surface area contributed by atoms with Crippen molar-refractivity contribution >= 4 is 38.5 Å². The number of ether oxygens (including phenoxy) is 1. The van der Waals surface area contributed by atoms with Crippen LogP contribution in [0.4, 0.5) is 0 Å². The lowest BCUT2D eigenvalue weighted by Crippen LogP contribution is -2.10. The van der Waals surface area contributed by atoms with E-state index in [4.69, 9.17) is 4.74 Å². The average molecular weight is 447 g/mol. The molecule has 0 aliphatic carbocycles. The standard InChI is InChI=1S/C16H16BrIO2/c1-10(2)20-15-6-4-3-5-12(15)16(19)13-9-11(18)7-8-14(13)17/h3-10,16,19H,1-2H3. The molecule has 0 aliphatic heterocycles. The summed E-state index contributed by atoms with van der Waals surface area (Å²) in [6, 6.07) is 13.5. The van der Waals surface area contributed by atoms with Crippen molar-refractivity contribution in [1.82, 2.24) is 0 Å². The SMILES string of the molecule is CC(C)Oc1ccccc1C(O)c1cc(I)ccc1Br. The fraction of sp³-hybridized carbons (Fsp3) is 0.250. The summed E-state index contributed by atoms with van der Waals surface area (Å²) in [5.74, 6) is 0.723. The van der Waals surface area contributed by atoms with Crippen LogP contribution in [0.3, 0.4) is 0 Å². The molecular formula is C16H16BrIO2.